The van der Waals surface area contributed by atoms with Crippen LogP contribution in [0.2, 0.25) is 0 Å². The molecule has 0 heterocycles. The van der Waals surface area contributed by atoms with Crippen LogP contribution in [0.5, 0.6) is 0 Å². The maximum atomic E-state index is 4.65. The van der Waals surface area contributed by atoms with E-state index in [1.165, 1.54) is 22.3 Å². The van der Waals surface area contributed by atoms with Crippen LogP contribution in [0.15, 0.2) is 83.4 Å². The highest BCUT2D eigenvalue weighted by molar-refractivity contribution is 7.80. The predicted molar refractivity (Wildman–Crippen MR) is 145 cm³/mol. The fourth-order valence-electron chi connectivity index (χ4n) is 3.65. The number of nitrogens with zero attached hydrogens (tertiary/aromatic N) is 1. The minimum absolute atomic E-state index is 0.407. The first-order valence-electron chi connectivity index (χ1n) is 11.5. The second-order valence-corrected chi connectivity index (χ2v) is 9.08. The molecule has 2 N–H and O–H groups in total. The zero-order valence-electron chi connectivity index (χ0n) is 19.6. The largest absolute Gasteiger partial charge is 0.383 e. The van der Waals surface area contributed by atoms with E-state index in [2.05, 4.69) is 129 Å². The lowest BCUT2D eigenvalue weighted by Gasteiger charge is -2.17. The summed E-state index contributed by atoms with van der Waals surface area (Å²) in [6.45, 7) is 9.43. The number of hydrogen-bond donors (Lipinski definition) is 3. The van der Waals surface area contributed by atoms with E-state index in [-0.39, 0.29) is 0 Å². The van der Waals surface area contributed by atoms with Crippen LogP contribution < -0.4 is 10.6 Å². The molecular formula is C28H35N3S. The third-order valence-corrected chi connectivity index (χ3v) is 5.34. The van der Waals surface area contributed by atoms with Gasteiger partial charge >= 0.3 is 0 Å². The van der Waals surface area contributed by atoms with Gasteiger partial charge in [0.2, 0.25) is 0 Å². The lowest BCUT2D eigenvalue weighted by molar-refractivity contribution is 0.899. The minimum Gasteiger partial charge on any atom is -0.383 e. The molecule has 32 heavy (non-hydrogen) atoms. The van der Waals surface area contributed by atoms with Crippen LogP contribution in [0.4, 0.5) is 11.4 Å². The van der Waals surface area contributed by atoms with E-state index in [0.29, 0.717) is 12.1 Å². The van der Waals surface area contributed by atoms with Crippen molar-refractivity contribution in [3.05, 3.63) is 89.5 Å². The SMILES string of the molecule is CC(C)Nc1ccc(C(=C2C=CC(=NCCCS)C=C2)c2ccc(NC(C)C)cc2)cc1. The van der Waals surface area contributed by atoms with E-state index >= 15 is 0 Å². The molecule has 0 spiro atoms. The Labute approximate surface area is 198 Å². The van der Waals surface area contributed by atoms with Crippen LogP contribution in [0.3, 0.4) is 0 Å². The zero-order chi connectivity index (χ0) is 22.9. The smallest absolute Gasteiger partial charge is 0.0574 e. The molecule has 1 aliphatic carbocycles. The lowest BCUT2D eigenvalue weighted by Crippen LogP contribution is -2.09. The van der Waals surface area contributed by atoms with Gasteiger partial charge in [-0.2, -0.15) is 12.6 Å². The van der Waals surface area contributed by atoms with Crippen molar-refractivity contribution in [3.8, 4) is 0 Å². The fraction of sp³-hybridized carbons (Fsp3) is 0.321. The highest BCUT2D eigenvalue weighted by Gasteiger charge is 2.12. The molecule has 0 aliphatic heterocycles. The molecule has 2 aromatic carbocycles. The Balaban J connectivity index is 1.97. The highest BCUT2D eigenvalue weighted by atomic mass is 32.1. The summed E-state index contributed by atoms with van der Waals surface area (Å²) >= 11 is 4.27. The fourth-order valence-corrected chi connectivity index (χ4v) is 3.79. The van der Waals surface area contributed by atoms with Crippen molar-refractivity contribution in [1.82, 2.24) is 0 Å². The van der Waals surface area contributed by atoms with Gasteiger partial charge in [0, 0.05) is 30.0 Å². The Morgan fingerprint density at radius 3 is 1.62 bits per heavy atom. The molecule has 0 amide bonds. The Kier molecular flexibility index (Phi) is 8.81. The van der Waals surface area contributed by atoms with Crippen LogP contribution in [-0.2, 0) is 0 Å². The van der Waals surface area contributed by atoms with Crippen LogP contribution in [0.1, 0.15) is 45.2 Å². The maximum Gasteiger partial charge on any atom is 0.0574 e. The molecule has 3 rings (SSSR count). The molecule has 3 nitrogen and oxygen atoms in total. The Morgan fingerprint density at radius 2 is 1.22 bits per heavy atom. The molecule has 0 fully saturated rings. The molecule has 0 radical (unpaired) electrons. The van der Waals surface area contributed by atoms with Gasteiger partial charge in [-0.25, -0.2) is 0 Å². The summed E-state index contributed by atoms with van der Waals surface area (Å²) < 4.78 is 0. The number of aliphatic imine (C=N–C) groups is 1. The molecule has 0 atom stereocenters. The quantitative estimate of drug-likeness (QED) is 0.287. The van der Waals surface area contributed by atoms with Gasteiger partial charge in [-0.05, 0) is 98.6 Å². The summed E-state index contributed by atoms with van der Waals surface area (Å²) in [7, 11) is 0. The summed E-state index contributed by atoms with van der Waals surface area (Å²) in [6.07, 6.45) is 9.56. The van der Waals surface area contributed by atoms with Gasteiger partial charge in [0.25, 0.3) is 0 Å². The first kappa shape index (κ1) is 23.9. The first-order valence-corrected chi connectivity index (χ1v) is 12.1. The van der Waals surface area contributed by atoms with Crippen molar-refractivity contribution < 1.29 is 0 Å². The van der Waals surface area contributed by atoms with Gasteiger partial charge in [-0.15, -0.1) is 0 Å². The van der Waals surface area contributed by atoms with E-state index in [0.717, 1.165) is 35.8 Å². The molecule has 0 saturated carbocycles. The number of benzene rings is 2. The van der Waals surface area contributed by atoms with E-state index < -0.39 is 0 Å². The van der Waals surface area contributed by atoms with Crippen LogP contribution in [-0.4, -0.2) is 30.1 Å². The Morgan fingerprint density at radius 1 is 0.750 bits per heavy atom. The third kappa shape index (κ3) is 6.89. The number of anilines is 2. The molecule has 2 aromatic rings. The summed E-state index contributed by atoms with van der Waals surface area (Å²) in [5.41, 5.74) is 8.09. The van der Waals surface area contributed by atoms with Crippen LogP contribution >= 0.6 is 12.6 Å². The average molecular weight is 446 g/mol. The number of thiol groups is 1. The van der Waals surface area contributed by atoms with Crippen LogP contribution in [0.25, 0.3) is 5.57 Å². The number of nitrogens with one attached hydrogen (secondary N) is 2. The first-order chi connectivity index (χ1) is 15.5. The summed E-state index contributed by atoms with van der Waals surface area (Å²) in [6, 6.07) is 18.2. The summed E-state index contributed by atoms with van der Waals surface area (Å²) in [4.78, 5) is 4.65. The molecule has 0 saturated heterocycles. The average Bonchev–Trinajstić information content (AvgIpc) is 2.77. The van der Waals surface area contributed by atoms with Crippen molar-refractivity contribution >= 4 is 35.3 Å². The van der Waals surface area contributed by atoms with Gasteiger partial charge in [0.1, 0.15) is 0 Å². The lowest BCUT2D eigenvalue weighted by atomic mass is 9.90. The Bertz CT molecular complexity index is 920. The van der Waals surface area contributed by atoms with Crippen molar-refractivity contribution in [1.29, 1.82) is 0 Å². The minimum atomic E-state index is 0.407. The number of allylic oxidation sites excluding steroid dienone is 5. The molecule has 0 bridgehead atoms. The van der Waals surface area contributed by atoms with Crippen molar-refractivity contribution in [2.45, 2.75) is 46.2 Å². The van der Waals surface area contributed by atoms with Crippen molar-refractivity contribution in [2.24, 2.45) is 4.99 Å². The van der Waals surface area contributed by atoms with E-state index in [1.807, 2.05) is 0 Å². The second-order valence-electron chi connectivity index (χ2n) is 8.63. The topological polar surface area (TPSA) is 36.4 Å². The maximum absolute atomic E-state index is 4.65. The molecule has 1 aliphatic rings. The standard InChI is InChI=1S/C28H35N3S/c1-20(2)30-26-14-8-23(9-15-26)28(24-10-16-27(17-11-24)31-21(3)4)22-6-12-25(13-7-22)29-18-5-19-32/h6-17,20-21,30-32H,5,18-19H2,1-4H3. The van der Waals surface area contributed by atoms with Crippen molar-refractivity contribution in [3.63, 3.8) is 0 Å². The summed E-state index contributed by atoms with van der Waals surface area (Å²) in [5.74, 6) is 0.864. The molecular weight excluding hydrogens is 410 g/mol. The monoisotopic (exact) mass is 445 g/mol. The van der Waals surface area contributed by atoms with E-state index in [1.54, 1.807) is 0 Å². The molecule has 168 valence electrons. The van der Waals surface area contributed by atoms with Crippen LogP contribution in [0, 0.1) is 0 Å². The molecule has 4 heteroatoms. The number of rotatable bonds is 9. The highest BCUT2D eigenvalue weighted by Crippen LogP contribution is 2.31. The molecule has 0 aromatic heterocycles. The third-order valence-electron chi connectivity index (χ3n) is 5.02. The van der Waals surface area contributed by atoms with Gasteiger partial charge in [0.05, 0.1) is 5.71 Å². The van der Waals surface area contributed by atoms with Gasteiger partial charge in [-0.1, -0.05) is 36.4 Å². The normalized spacial score (nSPS) is 13.1. The van der Waals surface area contributed by atoms with E-state index in [4.69, 9.17) is 0 Å². The predicted octanol–water partition coefficient (Wildman–Crippen LogP) is 7.02. The van der Waals surface area contributed by atoms with Gasteiger partial charge in [0.15, 0.2) is 0 Å². The molecule has 0 unspecified atom stereocenters. The van der Waals surface area contributed by atoms with Gasteiger partial charge in [-0.3, -0.25) is 4.99 Å². The summed E-state index contributed by atoms with van der Waals surface area (Å²) in [5, 5.41) is 6.94. The van der Waals surface area contributed by atoms with Gasteiger partial charge < -0.3 is 10.6 Å². The Hall–Kier alpha value is -2.72. The second kappa shape index (κ2) is 11.8. The van der Waals surface area contributed by atoms with Crippen molar-refractivity contribution in [2.75, 3.05) is 22.9 Å². The van der Waals surface area contributed by atoms with E-state index in [9.17, 15) is 0 Å². The number of hydrogen-bond acceptors (Lipinski definition) is 4. The zero-order valence-corrected chi connectivity index (χ0v) is 20.5.